The number of rotatable bonds is 3. The van der Waals surface area contributed by atoms with Crippen molar-refractivity contribution in [3.8, 4) is 0 Å². The summed E-state index contributed by atoms with van der Waals surface area (Å²) in [5.41, 5.74) is 1.51. The molecule has 0 atom stereocenters. The van der Waals surface area contributed by atoms with Crippen LogP contribution in [0.15, 0.2) is 12.4 Å². The van der Waals surface area contributed by atoms with Crippen molar-refractivity contribution in [2.24, 2.45) is 0 Å². The summed E-state index contributed by atoms with van der Waals surface area (Å²) < 4.78 is 2.01. The number of hydrogen-bond acceptors (Lipinski definition) is 2. The van der Waals surface area contributed by atoms with E-state index in [-0.39, 0.29) is 5.41 Å². The lowest BCUT2D eigenvalue weighted by atomic mass is 9.90. The Balaban J connectivity index is 2.60. The molecule has 0 unspecified atom stereocenters. The van der Waals surface area contributed by atoms with Crippen molar-refractivity contribution in [3.63, 3.8) is 0 Å². The van der Waals surface area contributed by atoms with Gasteiger partial charge in [0.05, 0.1) is 12.7 Å². The first-order chi connectivity index (χ1) is 6.39. The van der Waals surface area contributed by atoms with Crippen LogP contribution >= 0.6 is 0 Å². The third-order valence-corrected chi connectivity index (χ3v) is 2.28. The highest BCUT2D eigenvalue weighted by Crippen LogP contribution is 2.20. The fourth-order valence-electron chi connectivity index (χ4n) is 1.18. The fraction of sp³-hybridized carbons (Fsp3) is 0.727. The smallest absolute Gasteiger partial charge is 0.0536 e. The highest BCUT2D eigenvalue weighted by atomic mass is 15.3. The topological polar surface area (TPSA) is 21.1 Å². The Morgan fingerprint density at radius 3 is 2.43 bits per heavy atom. The van der Waals surface area contributed by atoms with E-state index in [0.29, 0.717) is 0 Å². The third kappa shape index (κ3) is 3.14. The quantitative estimate of drug-likeness (QED) is 0.732. The molecular weight excluding hydrogens is 174 g/mol. The Hall–Kier alpha value is -0.830. The molecule has 0 aliphatic heterocycles. The van der Waals surface area contributed by atoms with E-state index in [4.69, 9.17) is 0 Å². The monoisotopic (exact) mass is 195 g/mol. The summed E-state index contributed by atoms with van der Waals surface area (Å²) in [4.78, 5) is 2.17. The summed E-state index contributed by atoms with van der Waals surface area (Å²) in [7, 11) is 4.16. The maximum atomic E-state index is 4.34. The number of likely N-dealkylation sites (N-methyl/N-ethyl adjacent to an activating group) is 1. The standard InChI is InChI=1S/C11H21N3/c1-11(2,3)10-8-12-14(9-10)7-6-13(4)5/h8-9H,6-7H2,1-5H3. The minimum absolute atomic E-state index is 0.205. The molecule has 14 heavy (non-hydrogen) atoms. The average Bonchev–Trinajstić information content (AvgIpc) is 2.47. The van der Waals surface area contributed by atoms with Crippen LogP contribution < -0.4 is 0 Å². The lowest BCUT2D eigenvalue weighted by Gasteiger charge is -2.15. The molecule has 0 bridgehead atoms. The number of hydrogen-bond donors (Lipinski definition) is 0. The molecule has 0 aromatic carbocycles. The Labute approximate surface area is 86.7 Å². The maximum absolute atomic E-state index is 4.34. The molecule has 0 fully saturated rings. The molecule has 1 aromatic heterocycles. The lowest BCUT2D eigenvalue weighted by Crippen LogP contribution is -2.18. The van der Waals surface area contributed by atoms with Crippen LogP contribution in [0.5, 0.6) is 0 Å². The molecule has 80 valence electrons. The van der Waals surface area contributed by atoms with E-state index >= 15 is 0 Å². The first kappa shape index (κ1) is 11.2. The Bertz CT molecular complexity index is 281. The van der Waals surface area contributed by atoms with Gasteiger partial charge in [-0.05, 0) is 25.1 Å². The van der Waals surface area contributed by atoms with E-state index in [0.717, 1.165) is 13.1 Å². The molecule has 0 amide bonds. The van der Waals surface area contributed by atoms with Crippen LogP contribution in [0.4, 0.5) is 0 Å². The van der Waals surface area contributed by atoms with Crippen molar-refractivity contribution >= 4 is 0 Å². The van der Waals surface area contributed by atoms with Gasteiger partial charge < -0.3 is 4.90 Å². The summed E-state index contributed by atoms with van der Waals surface area (Å²) in [6.45, 7) is 8.62. The van der Waals surface area contributed by atoms with Gasteiger partial charge in [0.15, 0.2) is 0 Å². The summed E-state index contributed by atoms with van der Waals surface area (Å²) in [6.07, 6.45) is 4.11. The largest absolute Gasteiger partial charge is 0.308 e. The molecule has 0 saturated heterocycles. The molecule has 0 saturated carbocycles. The summed E-state index contributed by atoms with van der Waals surface area (Å²) >= 11 is 0. The lowest BCUT2D eigenvalue weighted by molar-refractivity contribution is 0.373. The first-order valence-electron chi connectivity index (χ1n) is 5.07. The van der Waals surface area contributed by atoms with Gasteiger partial charge in [0.1, 0.15) is 0 Å². The van der Waals surface area contributed by atoms with Crippen molar-refractivity contribution < 1.29 is 0 Å². The van der Waals surface area contributed by atoms with E-state index in [2.05, 4.69) is 51.1 Å². The molecule has 1 rings (SSSR count). The summed E-state index contributed by atoms with van der Waals surface area (Å²) in [6, 6.07) is 0. The van der Waals surface area contributed by atoms with Gasteiger partial charge in [0.2, 0.25) is 0 Å². The van der Waals surface area contributed by atoms with Crippen molar-refractivity contribution in [2.45, 2.75) is 32.7 Å². The zero-order valence-corrected chi connectivity index (χ0v) is 9.91. The zero-order valence-electron chi connectivity index (χ0n) is 9.91. The Kier molecular flexibility index (Phi) is 3.32. The predicted octanol–water partition coefficient (Wildman–Crippen LogP) is 1.74. The highest BCUT2D eigenvalue weighted by Gasteiger charge is 2.15. The van der Waals surface area contributed by atoms with Crippen molar-refractivity contribution in [1.82, 2.24) is 14.7 Å². The third-order valence-electron chi connectivity index (χ3n) is 2.28. The molecule has 3 nitrogen and oxygen atoms in total. The van der Waals surface area contributed by atoms with Crippen molar-refractivity contribution in [2.75, 3.05) is 20.6 Å². The van der Waals surface area contributed by atoms with Gasteiger partial charge in [-0.2, -0.15) is 5.10 Å². The normalized spacial score (nSPS) is 12.4. The van der Waals surface area contributed by atoms with Crippen LogP contribution in [0.25, 0.3) is 0 Å². The highest BCUT2D eigenvalue weighted by molar-refractivity contribution is 5.14. The Morgan fingerprint density at radius 1 is 1.36 bits per heavy atom. The predicted molar refractivity (Wildman–Crippen MR) is 59.5 cm³/mol. The minimum atomic E-state index is 0.205. The van der Waals surface area contributed by atoms with Gasteiger partial charge in [-0.25, -0.2) is 0 Å². The molecule has 0 spiro atoms. The maximum Gasteiger partial charge on any atom is 0.0536 e. The van der Waals surface area contributed by atoms with Crippen LogP contribution in [0, 0.1) is 0 Å². The SMILES string of the molecule is CN(C)CCn1cc(C(C)(C)C)cn1. The summed E-state index contributed by atoms with van der Waals surface area (Å²) in [5, 5.41) is 4.34. The second kappa shape index (κ2) is 4.13. The van der Waals surface area contributed by atoms with E-state index in [9.17, 15) is 0 Å². The molecule has 0 aliphatic carbocycles. The van der Waals surface area contributed by atoms with Crippen LogP contribution in [0.1, 0.15) is 26.3 Å². The summed E-state index contributed by atoms with van der Waals surface area (Å²) in [5.74, 6) is 0. The van der Waals surface area contributed by atoms with Crippen LogP contribution in [-0.4, -0.2) is 35.3 Å². The molecule has 0 aliphatic rings. The van der Waals surface area contributed by atoms with Gasteiger partial charge in [0, 0.05) is 12.7 Å². The van der Waals surface area contributed by atoms with Crippen LogP contribution in [0.2, 0.25) is 0 Å². The Morgan fingerprint density at radius 2 is 2.00 bits per heavy atom. The van der Waals surface area contributed by atoms with Gasteiger partial charge in [-0.1, -0.05) is 20.8 Å². The van der Waals surface area contributed by atoms with E-state index in [1.54, 1.807) is 0 Å². The fourth-order valence-corrected chi connectivity index (χ4v) is 1.18. The first-order valence-corrected chi connectivity index (χ1v) is 5.07. The average molecular weight is 195 g/mol. The van der Waals surface area contributed by atoms with Crippen LogP contribution in [-0.2, 0) is 12.0 Å². The molecule has 1 heterocycles. The van der Waals surface area contributed by atoms with Crippen molar-refractivity contribution in [3.05, 3.63) is 18.0 Å². The second-order valence-electron chi connectivity index (χ2n) is 5.05. The van der Waals surface area contributed by atoms with Crippen LogP contribution in [0.3, 0.4) is 0 Å². The second-order valence-corrected chi connectivity index (χ2v) is 5.05. The molecule has 1 aromatic rings. The van der Waals surface area contributed by atoms with Crippen molar-refractivity contribution in [1.29, 1.82) is 0 Å². The van der Waals surface area contributed by atoms with Gasteiger partial charge in [-0.15, -0.1) is 0 Å². The van der Waals surface area contributed by atoms with Gasteiger partial charge in [-0.3, -0.25) is 4.68 Å². The molecule has 3 heteroatoms. The molecule has 0 radical (unpaired) electrons. The van der Waals surface area contributed by atoms with Gasteiger partial charge in [0.25, 0.3) is 0 Å². The van der Waals surface area contributed by atoms with E-state index < -0.39 is 0 Å². The van der Waals surface area contributed by atoms with E-state index in [1.165, 1.54) is 5.56 Å². The van der Waals surface area contributed by atoms with Gasteiger partial charge >= 0.3 is 0 Å². The van der Waals surface area contributed by atoms with E-state index in [1.807, 2.05) is 10.9 Å². The zero-order chi connectivity index (χ0) is 10.8. The molecular formula is C11H21N3. The number of aromatic nitrogens is 2. The minimum Gasteiger partial charge on any atom is -0.308 e. The molecule has 0 N–H and O–H groups in total. The number of nitrogens with zero attached hydrogens (tertiary/aromatic N) is 3.